The third kappa shape index (κ3) is 5.05. The van der Waals surface area contributed by atoms with Crippen molar-refractivity contribution in [2.75, 3.05) is 25.0 Å². The number of unbranched alkanes of at least 4 members (excludes halogenated alkanes) is 1. The third-order valence-corrected chi connectivity index (χ3v) is 3.61. The Bertz CT molecular complexity index is 472. The summed E-state index contributed by atoms with van der Waals surface area (Å²) in [6.07, 6.45) is 4.39. The number of benzene rings is 1. The highest BCUT2D eigenvalue weighted by molar-refractivity contribution is 5.94. The zero-order chi connectivity index (χ0) is 15.1. The van der Waals surface area contributed by atoms with Crippen LogP contribution in [0.3, 0.4) is 0 Å². The first-order valence-corrected chi connectivity index (χ1v) is 7.93. The van der Waals surface area contributed by atoms with Gasteiger partial charge in [0.05, 0.1) is 6.10 Å². The van der Waals surface area contributed by atoms with E-state index in [9.17, 15) is 4.79 Å². The molecule has 1 aromatic rings. The summed E-state index contributed by atoms with van der Waals surface area (Å²) >= 11 is 0. The molecular formula is C17H26N2O2. The molecule has 0 saturated heterocycles. The molecule has 4 nitrogen and oxygen atoms in total. The molecule has 1 aliphatic rings. The third-order valence-electron chi connectivity index (χ3n) is 3.61. The number of hydrogen-bond donors (Lipinski definition) is 2. The molecule has 0 atom stereocenters. The number of carbonyl (C=O) groups is 1. The standard InChI is InChI=1S/C17H26N2O2/c1-13(2)21-11-4-3-9-19-17(20)15-7-8-16-14(12-15)6-5-10-18-16/h7-8,12-13,18H,3-6,9-11H2,1-2H3,(H,19,20). The molecule has 1 aromatic carbocycles. The maximum atomic E-state index is 12.1. The van der Waals surface area contributed by atoms with Crippen molar-refractivity contribution >= 4 is 11.6 Å². The molecule has 116 valence electrons. The topological polar surface area (TPSA) is 50.4 Å². The fraction of sp³-hybridized carbons (Fsp3) is 0.588. The van der Waals surface area contributed by atoms with Crippen molar-refractivity contribution in [3.05, 3.63) is 29.3 Å². The van der Waals surface area contributed by atoms with Crippen LogP contribution in [0.1, 0.15) is 49.0 Å². The minimum absolute atomic E-state index is 0.0214. The molecule has 0 saturated carbocycles. The summed E-state index contributed by atoms with van der Waals surface area (Å²) in [4.78, 5) is 12.1. The van der Waals surface area contributed by atoms with E-state index in [0.29, 0.717) is 6.54 Å². The Balaban J connectivity index is 1.73. The highest BCUT2D eigenvalue weighted by Gasteiger charge is 2.12. The van der Waals surface area contributed by atoms with Gasteiger partial charge in [-0.25, -0.2) is 0 Å². The second-order valence-corrected chi connectivity index (χ2v) is 5.78. The zero-order valence-electron chi connectivity index (χ0n) is 13.1. The summed E-state index contributed by atoms with van der Waals surface area (Å²) in [5, 5.41) is 6.34. The van der Waals surface area contributed by atoms with Gasteiger partial charge in [0.2, 0.25) is 0 Å². The highest BCUT2D eigenvalue weighted by Crippen LogP contribution is 2.22. The van der Waals surface area contributed by atoms with Gasteiger partial charge in [-0.1, -0.05) is 0 Å². The maximum Gasteiger partial charge on any atom is 0.251 e. The van der Waals surface area contributed by atoms with Crippen LogP contribution in [0.25, 0.3) is 0 Å². The summed E-state index contributed by atoms with van der Waals surface area (Å²) in [6, 6.07) is 5.92. The van der Waals surface area contributed by atoms with Crippen molar-refractivity contribution in [1.29, 1.82) is 0 Å². The Labute approximate surface area is 127 Å². The molecule has 1 heterocycles. The predicted molar refractivity (Wildman–Crippen MR) is 85.9 cm³/mol. The largest absolute Gasteiger partial charge is 0.385 e. The van der Waals surface area contributed by atoms with E-state index in [0.717, 1.165) is 44.4 Å². The monoisotopic (exact) mass is 290 g/mol. The van der Waals surface area contributed by atoms with Crippen molar-refractivity contribution in [1.82, 2.24) is 5.32 Å². The smallest absolute Gasteiger partial charge is 0.251 e. The number of amides is 1. The zero-order valence-corrected chi connectivity index (χ0v) is 13.1. The molecule has 0 bridgehead atoms. The molecule has 2 rings (SSSR count). The van der Waals surface area contributed by atoms with Crippen molar-refractivity contribution in [3.8, 4) is 0 Å². The van der Waals surface area contributed by atoms with Crippen LogP contribution in [0.4, 0.5) is 5.69 Å². The summed E-state index contributed by atoms with van der Waals surface area (Å²) in [5.74, 6) is 0.0214. The number of ether oxygens (including phenoxy) is 1. The SMILES string of the molecule is CC(C)OCCCCNC(=O)c1ccc2c(c1)CCCN2. The van der Waals surface area contributed by atoms with Crippen LogP contribution in [0.5, 0.6) is 0 Å². The number of carbonyl (C=O) groups excluding carboxylic acids is 1. The molecule has 1 aliphatic heterocycles. The normalized spacial score (nSPS) is 13.7. The molecule has 0 radical (unpaired) electrons. The number of fused-ring (bicyclic) bond motifs is 1. The Kier molecular flexibility index (Phi) is 6.05. The second kappa shape index (κ2) is 8.03. The number of aryl methyl sites for hydroxylation is 1. The predicted octanol–water partition coefficient (Wildman–Crippen LogP) is 2.98. The molecule has 0 aliphatic carbocycles. The Hall–Kier alpha value is -1.55. The van der Waals surface area contributed by atoms with Gasteiger partial charge in [0, 0.05) is 30.9 Å². The Morgan fingerprint density at radius 1 is 1.38 bits per heavy atom. The molecule has 0 unspecified atom stereocenters. The second-order valence-electron chi connectivity index (χ2n) is 5.78. The van der Waals surface area contributed by atoms with Gasteiger partial charge in [-0.15, -0.1) is 0 Å². The molecule has 21 heavy (non-hydrogen) atoms. The van der Waals surface area contributed by atoms with Gasteiger partial charge in [0.25, 0.3) is 5.91 Å². The lowest BCUT2D eigenvalue weighted by atomic mass is 10.0. The molecule has 2 N–H and O–H groups in total. The fourth-order valence-electron chi connectivity index (χ4n) is 2.47. The van der Waals surface area contributed by atoms with E-state index in [1.807, 2.05) is 32.0 Å². The molecular weight excluding hydrogens is 264 g/mol. The number of anilines is 1. The Morgan fingerprint density at radius 2 is 2.24 bits per heavy atom. The quantitative estimate of drug-likeness (QED) is 0.759. The van der Waals surface area contributed by atoms with Crippen molar-refractivity contribution in [2.45, 2.75) is 45.6 Å². The van der Waals surface area contributed by atoms with Crippen molar-refractivity contribution in [2.24, 2.45) is 0 Å². The minimum atomic E-state index is 0.0214. The van der Waals surface area contributed by atoms with E-state index in [1.165, 1.54) is 11.3 Å². The van der Waals surface area contributed by atoms with Gasteiger partial charge in [0.1, 0.15) is 0 Å². The lowest BCUT2D eigenvalue weighted by Gasteiger charge is -2.18. The number of rotatable bonds is 7. The molecule has 1 amide bonds. The first-order valence-electron chi connectivity index (χ1n) is 7.93. The van der Waals surface area contributed by atoms with E-state index in [2.05, 4.69) is 10.6 Å². The molecule has 0 aromatic heterocycles. The first-order chi connectivity index (χ1) is 10.2. The van der Waals surface area contributed by atoms with E-state index in [-0.39, 0.29) is 12.0 Å². The number of nitrogens with one attached hydrogen (secondary N) is 2. The summed E-state index contributed by atoms with van der Waals surface area (Å²) in [6.45, 7) is 6.56. The van der Waals surface area contributed by atoms with E-state index >= 15 is 0 Å². The van der Waals surface area contributed by atoms with Gasteiger partial charge in [-0.2, -0.15) is 0 Å². The van der Waals surface area contributed by atoms with Gasteiger partial charge in [-0.05, 0) is 63.3 Å². The minimum Gasteiger partial charge on any atom is -0.385 e. The molecule has 0 fully saturated rings. The van der Waals surface area contributed by atoms with E-state index in [4.69, 9.17) is 4.74 Å². The van der Waals surface area contributed by atoms with Crippen LogP contribution >= 0.6 is 0 Å². The fourth-order valence-corrected chi connectivity index (χ4v) is 2.47. The Morgan fingerprint density at radius 3 is 3.05 bits per heavy atom. The van der Waals surface area contributed by atoms with Gasteiger partial charge >= 0.3 is 0 Å². The average molecular weight is 290 g/mol. The number of hydrogen-bond acceptors (Lipinski definition) is 3. The lowest BCUT2D eigenvalue weighted by Crippen LogP contribution is -2.25. The summed E-state index contributed by atoms with van der Waals surface area (Å²) < 4.78 is 5.48. The van der Waals surface area contributed by atoms with Crippen LogP contribution in [-0.2, 0) is 11.2 Å². The van der Waals surface area contributed by atoms with Crippen LogP contribution in [0.2, 0.25) is 0 Å². The van der Waals surface area contributed by atoms with Crippen molar-refractivity contribution < 1.29 is 9.53 Å². The summed E-state index contributed by atoms with van der Waals surface area (Å²) in [7, 11) is 0. The van der Waals surface area contributed by atoms with Gasteiger partial charge < -0.3 is 15.4 Å². The lowest BCUT2D eigenvalue weighted by molar-refractivity contribution is 0.0754. The van der Waals surface area contributed by atoms with E-state index in [1.54, 1.807) is 0 Å². The van der Waals surface area contributed by atoms with Crippen molar-refractivity contribution in [3.63, 3.8) is 0 Å². The molecule has 4 heteroatoms. The highest BCUT2D eigenvalue weighted by atomic mass is 16.5. The average Bonchev–Trinajstić information content (AvgIpc) is 2.49. The maximum absolute atomic E-state index is 12.1. The van der Waals surface area contributed by atoms with Crippen LogP contribution in [0, 0.1) is 0 Å². The van der Waals surface area contributed by atoms with Gasteiger partial charge in [0.15, 0.2) is 0 Å². The van der Waals surface area contributed by atoms with Crippen LogP contribution in [-0.4, -0.2) is 31.7 Å². The van der Waals surface area contributed by atoms with Crippen LogP contribution < -0.4 is 10.6 Å². The molecule has 0 spiro atoms. The van der Waals surface area contributed by atoms with Crippen LogP contribution in [0.15, 0.2) is 18.2 Å². The first kappa shape index (κ1) is 15.8. The van der Waals surface area contributed by atoms with Gasteiger partial charge in [-0.3, -0.25) is 4.79 Å². The summed E-state index contributed by atoms with van der Waals surface area (Å²) in [5.41, 5.74) is 3.18. The van der Waals surface area contributed by atoms with E-state index < -0.39 is 0 Å².